The van der Waals surface area contributed by atoms with Crippen LogP contribution >= 0.6 is 0 Å². The molecule has 3 amide bonds. The van der Waals surface area contributed by atoms with E-state index in [9.17, 15) is 14.4 Å². The molecule has 0 aromatic carbocycles. The quantitative estimate of drug-likeness (QED) is 0.769. The minimum atomic E-state index is -1.44. The first-order chi connectivity index (χ1) is 11.8. The Morgan fingerprint density at radius 2 is 2.16 bits per heavy atom. The monoisotopic (exact) mass is 342 g/mol. The van der Waals surface area contributed by atoms with Crippen molar-refractivity contribution in [2.75, 3.05) is 0 Å². The van der Waals surface area contributed by atoms with Gasteiger partial charge in [-0.1, -0.05) is 13.0 Å². The second-order valence-corrected chi connectivity index (χ2v) is 7.07. The van der Waals surface area contributed by atoms with Crippen molar-refractivity contribution in [3.05, 3.63) is 41.9 Å². The van der Waals surface area contributed by atoms with E-state index in [1.54, 1.807) is 18.3 Å². The Kier molecular flexibility index (Phi) is 4.32. The SMILES string of the molecule is C[C@H]1C[C@@H]1NC(=O)C1=CN(Cc2ccccn2)C(=O)C(C)(C(N)=O)C1. The number of nitrogens with zero attached hydrogens (tertiary/aromatic N) is 2. The van der Waals surface area contributed by atoms with Crippen molar-refractivity contribution < 1.29 is 14.4 Å². The fraction of sp³-hybridized carbons (Fsp3) is 0.444. The van der Waals surface area contributed by atoms with Crippen LogP contribution in [0.5, 0.6) is 0 Å². The first kappa shape index (κ1) is 17.1. The number of primary amides is 1. The lowest BCUT2D eigenvalue weighted by Gasteiger charge is -2.35. The molecule has 1 aromatic heterocycles. The number of carbonyl (C=O) groups is 3. The van der Waals surface area contributed by atoms with Gasteiger partial charge in [0, 0.05) is 30.4 Å². The molecule has 2 heterocycles. The second-order valence-electron chi connectivity index (χ2n) is 7.07. The first-order valence-corrected chi connectivity index (χ1v) is 8.33. The normalized spacial score (nSPS) is 28.3. The largest absolute Gasteiger partial charge is 0.369 e. The zero-order valence-corrected chi connectivity index (χ0v) is 14.4. The summed E-state index contributed by atoms with van der Waals surface area (Å²) in [4.78, 5) is 42.8. The van der Waals surface area contributed by atoms with Crippen LogP contribution in [0.15, 0.2) is 36.2 Å². The molecule has 0 saturated heterocycles. The molecule has 3 N–H and O–H groups in total. The Morgan fingerprint density at radius 1 is 1.44 bits per heavy atom. The third kappa shape index (κ3) is 3.40. The molecule has 3 rings (SSSR count). The van der Waals surface area contributed by atoms with E-state index < -0.39 is 17.2 Å². The maximum Gasteiger partial charge on any atom is 0.248 e. The van der Waals surface area contributed by atoms with Crippen molar-refractivity contribution in [3.8, 4) is 0 Å². The van der Waals surface area contributed by atoms with Crippen LogP contribution in [0.25, 0.3) is 0 Å². The Morgan fingerprint density at radius 3 is 2.72 bits per heavy atom. The van der Waals surface area contributed by atoms with Crippen LogP contribution in [0.2, 0.25) is 0 Å². The minimum Gasteiger partial charge on any atom is -0.369 e. The Hall–Kier alpha value is -2.70. The number of hydrogen-bond donors (Lipinski definition) is 2. The van der Waals surface area contributed by atoms with Gasteiger partial charge in [-0.2, -0.15) is 0 Å². The van der Waals surface area contributed by atoms with Gasteiger partial charge in [0.2, 0.25) is 17.7 Å². The number of aromatic nitrogens is 1. The highest BCUT2D eigenvalue weighted by Crippen LogP contribution is 2.35. The molecule has 7 heteroatoms. The van der Waals surface area contributed by atoms with Crippen LogP contribution < -0.4 is 11.1 Å². The van der Waals surface area contributed by atoms with E-state index in [1.807, 2.05) is 6.07 Å². The first-order valence-electron chi connectivity index (χ1n) is 8.33. The molecule has 132 valence electrons. The van der Waals surface area contributed by atoms with Gasteiger partial charge in [0.15, 0.2) is 0 Å². The summed E-state index contributed by atoms with van der Waals surface area (Å²) in [5.41, 5.74) is 5.09. The topological polar surface area (TPSA) is 105 Å². The molecule has 1 aliphatic heterocycles. The lowest BCUT2D eigenvalue weighted by atomic mass is 9.79. The summed E-state index contributed by atoms with van der Waals surface area (Å²) in [5.74, 6) is -0.939. The van der Waals surface area contributed by atoms with E-state index in [2.05, 4.69) is 17.2 Å². The number of nitrogens with two attached hydrogens (primary N) is 1. The standard InChI is InChI=1S/C18H22N4O3/c1-11-7-14(11)21-15(23)12-8-18(2,16(19)24)17(25)22(9-12)10-13-5-3-4-6-20-13/h3-6,9,11,14H,7-8,10H2,1-2H3,(H2,19,24)(H,21,23)/t11-,14-,18?/m0/s1. The molecule has 0 spiro atoms. The average molecular weight is 342 g/mol. The van der Waals surface area contributed by atoms with E-state index in [0.29, 0.717) is 17.2 Å². The van der Waals surface area contributed by atoms with Gasteiger partial charge in [-0.15, -0.1) is 0 Å². The van der Waals surface area contributed by atoms with Crippen molar-refractivity contribution >= 4 is 17.7 Å². The molecular formula is C18H22N4O3. The Bertz CT molecular complexity index is 746. The van der Waals surface area contributed by atoms with E-state index >= 15 is 0 Å². The van der Waals surface area contributed by atoms with Gasteiger partial charge in [0.05, 0.1) is 12.2 Å². The molecular weight excluding hydrogens is 320 g/mol. The highest BCUT2D eigenvalue weighted by Gasteiger charge is 2.47. The molecule has 7 nitrogen and oxygen atoms in total. The molecule has 25 heavy (non-hydrogen) atoms. The molecule has 1 fully saturated rings. The fourth-order valence-corrected chi connectivity index (χ4v) is 2.97. The third-order valence-electron chi connectivity index (χ3n) is 4.91. The summed E-state index contributed by atoms with van der Waals surface area (Å²) in [5, 5.41) is 2.94. The molecule has 1 aromatic rings. The lowest BCUT2D eigenvalue weighted by molar-refractivity contribution is -0.148. The van der Waals surface area contributed by atoms with E-state index in [4.69, 9.17) is 5.73 Å². The predicted octanol–water partition coefficient (Wildman–Crippen LogP) is 0.714. The number of pyridine rings is 1. The molecule has 2 aliphatic rings. The van der Waals surface area contributed by atoms with Crippen molar-refractivity contribution in [1.29, 1.82) is 0 Å². The number of hydrogen-bond acceptors (Lipinski definition) is 4. The van der Waals surface area contributed by atoms with Crippen molar-refractivity contribution in [3.63, 3.8) is 0 Å². The molecule has 1 aliphatic carbocycles. The highest BCUT2D eigenvalue weighted by atomic mass is 16.2. The number of carbonyl (C=O) groups excluding carboxylic acids is 3. The molecule has 0 radical (unpaired) electrons. The molecule has 1 saturated carbocycles. The summed E-state index contributed by atoms with van der Waals surface area (Å²) in [6, 6.07) is 5.54. The van der Waals surface area contributed by atoms with E-state index in [1.165, 1.54) is 18.0 Å². The van der Waals surface area contributed by atoms with Gasteiger partial charge in [0.1, 0.15) is 5.41 Å². The maximum atomic E-state index is 12.8. The van der Waals surface area contributed by atoms with Crippen LogP contribution in [0.1, 0.15) is 32.4 Å². The van der Waals surface area contributed by atoms with E-state index in [-0.39, 0.29) is 24.9 Å². The highest BCUT2D eigenvalue weighted by molar-refractivity contribution is 6.08. The van der Waals surface area contributed by atoms with Crippen LogP contribution in [-0.4, -0.2) is 33.6 Å². The van der Waals surface area contributed by atoms with Gasteiger partial charge in [-0.25, -0.2) is 0 Å². The smallest absolute Gasteiger partial charge is 0.248 e. The van der Waals surface area contributed by atoms with Crippen molar-refractivity contribution in [1.82, 2.24) is 15.2 Å². The summed E-state index contributed by atoms with van der Waals surface area (Å²) in [7, 11) is 0. The summed E-state index contributed by atoms with van der Waals surface area (Å²) in [6.07, 6.45) is 4.10. The third-order valence-corrected chi connectivity index (χ3v) is 4.91. The van der Waals surface area contributed by atoms with Crippen LogP contribution in [-0.2, 0) is 20.9 Å². The van der Waals surface area contributed by atoms with Gasteiger partial charge in [-0.3, -0.25) is 19.4 Å². The zero-order valence-electron chi connectivity index (χ0n) is 14.4. The molecule has 3 atom stereocenters. The second kappa shape index (κ2) is 6.31. The van der Waals surface area contributed by atoms with Crippen LogP contribution in [0, 0.1) is 11.3 Å². The summed E-state index contributed by atoms with van der Waals surface area (Å²) in [6.45, 7) is 3.73. The lowest BCUT2D eigenvalue weighted by Crippen LogP contribution is -2.51. The van der Waals surface area contributed by atoms with Crippen molar-refractivity contribution in [2.45, 2.75) is 39.3 Å². The zero-order chi connectivity index (χ0) is 18.2. The molecule has 0 bridgehead atoms. The molecule has 1 unspecified atom stereocenters. The summed E-state index contributed by atoms with van der Waals surface area (Å²) >= 11 is 0. The number of amides is 3. The maximum absolute atomic E-state index is 12.8. The van der Waals surface area contributed by atoms with Gasteiger partial charge < -0.3 is 16.0 Å². The van der Waals surface area contributed by atoms with Crippen LogP contribution in [0.4, 0.5) is 0 Å². The predicted molar refractivity (Wildman–Crippen MR) is 90.5 cm³/mol. The fourth-order valence-electron chi connectivity index (χ4n) is 2.97. The number of rotatable bonds is 5. The summed E-state index contributed by atoms with van der Waals surface area (Å²) < 4.78 is 0. The van der Waals surface area contributed by atoms with Gasteiger partial charge in [0.25, 0.3) is 0 Å². The number of nitrogens with one attached hydrogen (secondary N) is 1. The Labute approximate surface area is 146 Å². The van der Waals surface area contributed by atoms with E-state index in [0.717, 1.165) is 6.42 Å². The van der Waals surface area contributed by atoms with Gasteiger partial charge in [-0.05, 0) is 31.4 Å². The average Bonchev–Trinajstić information content (AvgIpc) is 3.27. The Balaban J connectivity index is 1.87. The van der Waals surface area contributed by atoms with Crippen LogP contribution in [0.3, 0.4) is 0 Å². The van der Waals surface area contributed by atoms with Crippen molar-refractivity contribution in [2.24, 2.45) is 17.1 Å². The van der Waals surface area contributed by atoms with Gasteiger partial charge >= 0.3 is 0 Å². The minimum absolute atomic E-state index is 0.00677.